The first kappa shape index (κ1) is 15.9. The lowest BCUT2D eigenvalue weighted by molar-refractivity contribution is 0.151. The van der Waals surface area contributed by atoms with Gasteiger partial charge in [-0.15, -0.1) is 11.3 Å². The number of fused-ring (bicyclic) bond motifs is 1. The first-order chi connectivity index (χ1) is 10.5. The molecular formula is C15H20N2O3S2. The fourth-order valence-corrected chi connectivity index (χ4v) is 6.11. The molecule has 1 N–H and O–H groups in total. The van der Waals surface area contributed by atoms with Gasteiger partial charge in [0.15, 0.2) is 0 Å². The number of hydrogen-bond donors (Lipinski definition) is 1. The SMILES string of the molecule is Cc1sc2ccccc2c1S(=O)(=O)N1CCN(CCO)CC1. The van der Waals surface area contributed by atoms with E-state index in [0.29, 0.717) is 37.6 Å². The van der Waals surface area contributed by atoms with Gasteiger partial charge in [-0.2, -0.15) is 4.31 Å². The molecule has 7 heteroatoms. The van der Waals surface area contributed by atoms with E-state index in [2.05, 4.69) is 4.90 Å². The summed E-state index contributed by atoms with van der Waals surface area (Å²) in [7, 11) is -3.46. The summed E-state index contributed by atoms with van der Waals surface area (Å²) in [6.45, 7) is 4.88. The van der Waals surface area contributed by atoms with Crippen LogP contribution in [0.25, 0.3) is 10.1 Å². The van der Waals surface area contributed by atoms with Crippen LogP contribution in [0, 0.1) is 6.92 Å². The zero-order valence-corrected chi connectivity index (χ0v) is 14.2. The molecule has 1 aromatic heterocycles. The van der Waals surface area contributed by atoms with Crippen molar-refractivity contribution in [2.45, 2.75) is 11.8 Å². The highest BCUT2D eigenvalue weighted by molar-refractivity contribution is 7.89. The average Bonchev–Trinajstić information content (AvgIpc) is 2.84. The molecule has 1 aromatic carbocycles. The lowest BCUT2D eigenvalue weighted by Crippen LogP contribution is -2.49. The Hall–Kier alpha value is -0.990. The Bertz CT molecular complexity index is 762. The standard InChI is InChI=1S/C15H20N2O3S2/c1-12-15(13-4-2-3-5-14(13)21-12)22(19,20)17-8-6-16(7-9-17)10-11-18/h2-5,18H,6-11H2,1H3. The molecule has 0 radical (unpaired) electrons. The van der Waals surface area contributed by atoms with E-state index in [1.54, 1.807) is 4.31 Å². The van der Waals surface area contributed by atoms with Crippen LogP contribution in [-0.4, -0.2) is 62.1 Å². The zero-order chi connectivity index (χ0) is 15.7. The van der Waals surface area contributed by atoms with Crippen LogP contribution in [-0.2, 0) is 10.0 Å². The molecule has 1 fully saturated rings. The lowest BCUT2D eigenvalue weighted by atomic mass is 10.2. The van der Waals surface area contributed by atoms with E-state index in [4.69, 9.17) is 5.11 Å². The predicted octanol–water partition coefficient (Wildman–Crippen LogP) is 1.51. The minimum absolute atomic E-state index is 0.112. The van der Waals surface area contributed by atoms with Gasteiger partial charge in [0.1, 0.15) is 4.90 Å². The van der Waals surface area contributed by atoms with E-state index in [9.17, 15) is 8.42 Å². The summed E-state index contributed by atoms with van der Waals surface area (Å²) in [5.41, 5.74) is 0. The monoisotopic (exact) mass is 340 g/mol. The maximum atomic E-state index is 13.0. The number of β-amino-alcohol motifs (C(OH)–C–C–N with tert-alkyl or cyclic N) is 1. The molecule has 22 heavy (non-hydrogen) atoms. The second kappa shape index (κ2) is 6.25. The molecule has 1 saturated heterocycles. The average molecular weight is 340 g/mol. The molecule has 0 saturated carbocycles. The van der Waals surface area contributed by atoms with E-state index >= 15 is 0 Å². The van der Waals surface area contributed by atoms with Crippen molar-refractivity contribution in [3.63, 3.8) is 0 Å². The summed E-state index contributed by atoms with van der Waals surface area (Å²) in [5, 5.41) is 9.80. The Labute approximate surface area is 134 Å². The fraction of sp³-hybridized carbons (Fsp3) is 0.467. The number of aliphatic hydroxyl groups excluding tert-OH is 1. The van der Waals surface area contributed by atoms with Crippen LogP contribution in [0.2, 0.25) is 0 Å². The Kier molecular flexibility index (Phi) is 4.52. The summed E-state index contributed by atoms with van der Waals surface area (Å²) < 4.78 is 28.6. The number of rotatable bonds is 4. The van der Waals surface area contributed by atoms with Gasteiger partial charge in [-0.05, 0) is 13.0 Å². The normalized spacial score (nSPS) is 18.1. The molecule has 1 aliphatic heterocycles. The lowest BCUT2D eigenvalue weighted by Gasteiger charge is -2.33. The highest BCUT2D eigenvalue weighted by Gasteiger charge is 2.31. The predicted molar refractivity (Wildman–Crippen MR) is 88.8 cm³/mol. The van der Waals surface area contributed by atoms with Gasteiger partial charge in [0.05, 0.1) is 6.61 Å². The van der Waals surface area contributed by atoms with Crippen molar-refractivity contribution in [3.05, 3.63) is 29.1 Å². The molecule has 0 bridgehead atoms. The number of piperazine rings is 1. The van der Waals surface area contributed by atoms with Crippen LogP contribution in [0.5, 0.6) is 0 Å². The van der Waals surface area contributed by atoms with Gasteiger partial charge in [-0.3, -0.25) is 4.90 Å². The van der Waals surface area contributed by atoms with Crippen LogP contribution in [0.1, 0.15) is 4.88 Å². The molecule has 120 valence electrons. The molecule has 0 aliphatic carbocycles. The number of benzene rings is 1. The van der Waals surface area contributed by atoms with Crippen LogP contribution in [0.15, 0.2) is 29.2 Å². The number of hydrogen-bond acceptors (Lipinski definition) is 5. The molecule has 2 aromatic rings. The second-order valence-corrected chi connectivity index (χ2v) is 8.58. The van der Waals surface area contributed by atoms with Gasteiger partial charge in [-0.25, -0.2) is 8.42 Å². The van der Waals surface area contributed by atoms with Crippen molar-refractivity contribution in [2.75, 3.05) is 39.3 Å². The molecule has 2 heterocycles. The van der Waals surface area contributed by atoms with Crippen molar-refractivity contribution >= 4 is 31.4 Å². The largest absolute Gasteiger partial charge is 0.395 e. The summed E-state index contributed by atoms with van der Waals surface area (Å²) in [6.07, 6.45) is 0. The zero-order valence-electron chi connectivity index (χ0n) is 12.5. The topological polar surface area (TPSA) is 60.9 Å². The highest BCUT2D eigenvalue weighted by Crippen LogP contribution is 2.35. The van der Waals surface area contributed by atoms with Gasteiger partial charge in [-0.1, -0.05) is 18.2 Å². The molecule has 0 amide bonds. The molecule has 0 atom stereocenters. The summed E-state index contributed by atoms with van der Waals surface area (Å²) >= 11 is 1.53. The van der Waals surface area contributed by atoms with Gasteiger partial charge in [0.25, 0.3) is 0 Å². The third-order valence-electron chi connectivity index (χ3n) is 4.06. The second-order valence-electron chi connectivity index (χ2n) is 5.45. The number of thiophene rings is 1. The Morgan fingerprint density at radius 2 is 1.86 bits per heavy atom. The quantitative estimate of drug-likeness (QED) is 0.916. The van der Waals surface area contributed by atoms with Gasteiger partial charge in [0.2, 0.25) is 10.0 Å². The highest BCUT2D eigenvalue weighted by atomic mass is 32.2. The number of sulfonamides is 1. The Morgan fingerprint density at radius 1 is 1.18 bits per heavy atom. The van der Waals surface area contributed by atoms with Gasteiger partial charge in [0, 0.05) is 47.7 Å². The van der Waals surface area contributed by atoms with Crippen LogP contribution < -0.4 is 0 Å². The van der Waals surface area contributed by atoms with E-state index in [1.807, 2.05) is 31.2 Å². The maximum Gasteiger partial charge on any atom is 0.244 e. The van der Waals surface area contributed by atoms with Gasteiger partial charge >= 0.3 is 0 Å². The minimum atomic E-state index is -3.46. The van der Waals surface area contributed by atoms with Crippen molar-refractivity contribution in [1.29, 1.82) is 0 Å². The van der Waals surface area contributed by atoms with E-state index in [-0.39, 0.29) is 6.61 Å². The minimum Gasteiger partial charge on any atom is -0.395 e. The summed E-state index contributed by atoms with van der Waals surface area (Å²) in [6, 6.07) is 7.66. The first-order valence-electron chi connectivity index (χ1n) is 7.35. The van der Waals surface area contributed by atoms with Crippen LogP contribution >= 0.6 is 11.3 Å². The third kappa shape index (κ3) is 2.79. The van der Waals surface area contributed by atoms with Crippen molar-refractivity contribution in [3.8, 4) is 0 Å². The molecule has 0 spiro atoms. The number of aryl methyl sites for hydroxylation is 1. The number of nitrogens with zero attached hydrogens (tertiary/aromatic N) is 2. The van der Waals surface area contributed by atoms with E-state index < -0.39 is 10.0 Å². The van der Waals surface area contributed by atoms with E-state index in [1.165, 1.54) is 11.3 Å². The summed E-state index contributed by atoms with van der Waals surface area (Å²) in [5.74, 6) is 0. The van der Waals surface area contributed by atoms with Crippen LogP contribution in [0.4, 0.5) is 0 Å². The summed E-state index contributed by atoms with van der Waals surface area (Å²) in [4.78, 5) is 3.40. The Balaban J connectivity index is 1.91. The van der Waals surface area contributed by atoms with Crippen LogP contribution in [0.3, 0.4) is 0 Å². The van der Waals surface area contributed by atoms with Crippen molar-refractivity contribution in [1.82, 2.24) is 9.21 Å². The Morgan fingerprint density at radius 3 is 2.55 bits per heavy atom. The first-order valence-corrected chi connectivity index (χ1v) is 9.61. The smallest absolute Gasteiger partial charge is 0.244 e. The van der Waals surface area contributed by atoms with Crippen molar-refractivity contribution < 1.29 is 13.5 Å². The molecule has 1 aliphatic rings. The third-order valence-corrected chi connectivity index (χ3v) is 7.36. The number of aliphatic hydroxyl groups is 1. The molecule has 0 unspecified atom stereocenters. The maximum absolute atomic E-state index is 13.0. The van der Waals surface area contributed by atoms with Gasteiger partial charge < -0.3 is 5.11 Å². The molecular weight excluding hydrogens is 320 g/mol. The fourth-order valence-electron chi connectivity index (χ4n) is 2.93. The molecule has 5 nitrogen and oxygen atoms in total. The van der Waals surface area contributed by atoms with Crippen molar-refractivity contribution in [2.24, 2.45) is 0 Å². The van der Waals surface area contributed by atoms with E-state index in [0.717, 1.165) is 15.0 Å². The molecule has 3 rings (SSSR count).